The molecule has 7 heteroatoms. The molecule has 2 aromatic heterocycles. The van der Waals surface area contributed by atoms with Gasteiger partial charge in [-0.3, -0.25) is 4.98 Å². The van der Waals surface area contributed by atoms with Crippen LogP contribution in [0, 0.1) is 18.6 Å². The third kappa shape index (κ3) is 3.56. The van der Waals surface area contributed by atoms with E-state index in [9.17, 15) is 8.78 Å². The summed E-state index contributed by atoms with van der Waals surface area (Å²) in [7, 11) is 0. The molecule has 0 saturated heterocycles. The molecule has 0 fully saturated rings. The number of nitrogen functional groups attached to an aromatic ring is 1. The standard InChI is InChI=1S/C19H18F2N4O/c1-3-12-4-5-14(13(20)8-12)25-15-9-23-10-17(11(15)2)26-16-6-7-24-19(22)18(16)21/h4-10,25H,3H2,1-2H3,(H2,22,24). The van der Waals surface area contributed by atoms with E-state index < -0.39 is 5.82 Å². The number of rotatable bonds is 5. The van der Waals surface area contributed by atoms with E-state index in [-0.39, 0.29) is 17.4 Å². The molecule has 0 unspecified atom stereocenters. The molecule has 0 amide bonds. The molecule has 5 nitrogen and oxygen atoms in total. The van der Waals surface area contributed by atoms with E-state index in [2.05, 4.69) is 15.3 Å². The van der Waals surface area contributed by atoms with Crippen LogP contribution >= 0.6 is 0 Å². The predicted octanol–water partition coefficient (Wildman–Crippen LogP) is 4.74. The van der Waals surface area contributed by atoms with Gasteiger partial charge in [0, 0.05) is 17.8 Å². The normalized spacial score (nSPS) is 10.6. The molecule has 0 radical (unpaired) electrons. The van der Waals surface area contributed by atoms with Crippen molar-refractivity contribution >= 4 is 17.2 Å². The molecule has 3 aromatic rings. The van der Waals surface area contributed by atoms with Crippen molar-refractivity contribution in [1.82, 2.24) is 9.97 Å². The average Bonchev–Trinajstić information content (AvgIpc) is 2.63. The number of hydrogen-bond donors (Lipinski definition) is 2. The van der Waals surface area contributed by atoms with Gasteiger partial charge in [0.25, 0.3) is 0 Å². The summed E-state index contributed by atoms with van der Waals surface area (Å²) >= 11 is 0. The molecule has 134 valence electrons. The highest BCUT2D eigenvalue weighted by atomic mass is 19.1. The summed E-state index contributed by atoms with van der Waals surface area (Å²) in [6, 6.07) is 6.38. The summed E-state index contributed by atoms with van der Waals surface area (Å²) in [4.78, 5) is 7.73. The van der Waals surface area contributed by atoms with Crippen molar-refractivity contribution in [3.63, 3.8) is 0 Å². The fraction of sp³-hybridized carbons (Fsp3) is 0.158. The van der Waals surface area contributed by atoms with Gasteiger partial charge in [-0.1, -0.05) is 13.0 Å². The van der Waals surface area contributed by atoms with E-state index in [0.717, 1.165) is 12.0 Å². The maximum atomic E-state index is 14.2. The minimum Gasteiger partial charge on any atom is -0.452 e. The van der Waals surface area contributed by atoms with Gasteiger partial charge in [0.05, 0.1) is 23.8 Å². The zero-order chi connectivity index (χ0) is 18.7. The summed E-state index contributed by atoms with van der Waals surface area (Å²) < 4.78 is 33.8. The van der Waals surface area contributed by atoms with Crippen molar-refractivity contribution in [3.05, 3.63) is 65.6 Å². The summed E-state index contributed by atoms with van der Waals surface area (Å²) in [5, 5.41) is 3.00. The number of halogens is 2. The monoisotopic (exact) mass is 356 g/mol. The number of ether oxygens (including phenoxy) is 1. The van der Waals surface area contributed by atoms with Crippen LogP contribution in [0.4, 0.5) is 26.0 Å². The number of aromatic nitrogens is 2. The maximum Gasteiger partial charge on any atom is 0.207 e. The van der Waals surface area contributed by atoms with Gasteiger partial charge in [-0.05, 0) is 31.0 Å². The quantitative estimate of drug-likeness (QED) is 0.690. The first kappa shape index (κ1) is 17.6. The van der Waals surface area contributed by atoms with Gasteiger partial charge in [0.1, 0.15) is 5.82 Å². The topological polar surface area (TPSA) is 73.1 Å². The van der Waals surface area contributed by atoms with Gasteiger partial charge < -0.3 is 15.8 Å². The Kier molecular flexibility index (Phi) is 4.97. The molecular weight excluding hydrogens is 338 g/mol. The Morgan fingerprint density at radius 1 is 1.12 bits per heavy atom. The van der Waals surface area contributed by atoms with Crippen molar-refractivity contribution in [3.8, 4) is 11.5 Å². The predicted molar refractivity (Wildman–Crippen MR) is 96.7 cm³/mol. The van der Waals surface area contributed by atoms with Gasteiger partial charge >= 0.3 is 0 Å². The number of anilines is 3. The Labute approximate surface area is 149 Å². The molecule has 3 N–H and O–H groups in total. The van der Waals surface area contributed by atoms with Crippen LogP contribution in [0.5, 0.6) is 11.5 Å². The Morgan fingerprint density at radius 3 is 2.65 bits per heavy atom. The molecule has 0 aliphatic heterocycles. The summed E-state index contributed by atoms with van der Waals surface area (Å²) in [5.41, 5.74) is 7.88. The van der Waals surface area contributed by atoms with Crippen molar-refractivity contribution in [1.29, 1.82) is 0 Å². The molecule has 1 aromatic carbocycles. The highest BCUT2D eigenvalue weighted by Crippen LogP contribution is 2.32. The number of nitrogens with zero attached hydrogens (tertiary/aromatic N) is 2. The van der Waals surface area contributed by atoms with Gasteiger partial charge in [-0.15, -0.1) is 0 Å². The molecular formula is C19H18F2N4O. The van der Waals surface area contributed by atoms with Gasteiger partial charge in [-0.2, -0.15) is 4.39 Å². The van der Waals surface area contributed by atoms with E-state index in [1.807, 2.05) is 13.0 Å². The van der Waals surface area contributed by atoms with Crippen molar-refractivity contribution in [2.24, 2.45) is 0 Å². The lowest BCUT2D eigenvalue weighted by atomic mass is 10.1. The fourth-order valence-corrected chi connectivity index (χ4v) is 2.40. The number of nitrogens with two attached hydrogens (primary N) is 1. The Morgan fingerprint density at radius 2 is 1.92 bits per heavy atom. The number of hydrogen-bond acceptors (Lipinski definition) is 5. The van der Waals surface area contributed by atoms with Crippen LogP contribution in [0.25, 0.3) is 0 Å². The van der Waals surface area contributed by atoms with Crippen molar-refractivity contribution in [2.45, 2.75) is 20.3 Å². The van der Waals surface area contributed by atoms with Crippen LogP contribution in [-0.4, -0.2) is 9.97 Å². The summed E-state index contributed by atoms with van der Waals surface area (Å²) in [5.74, 6) is -1.09. The first-order chi connectivity index (χ1) is 12.5. The molecule has 26 heavy (non-hydrogen) atoms. The lowest BCUT2D eigenvalue weighted by Gasteiger charge is -2.14. The van der Waals surface area contributed by atoms with E-state index in [1.165, 1.54) is 24.5 Å². The average molecular weight is 356 g/mol. The molecule has 0 bridgehead atoms. The molecule has 3 rings (SSSR count). The van der Waals surface area contributed by atoms with E-state index >= 15 is 0 Å². The molecule has 0 saturated carbocycles. The molecule has 2 heterocycles. The van der Waals surface area contributed by atoms with E-state index in [0.29, 0.717) is 22.7 Å². The van der Waals surface area contributed by atoms with Crippen LogP contribution in [-0.2, 0) is 6.42 Å². The number of benzene rings is 1. The number of pyridine rings is 2. The lowest BCUT2D eigenvalue weighted by Crippen LogP contribution is -2.01. The van der Waals surface area contributed by atoms with Gasteiger partial charge in [-0.25, -0.2) is 9.37 Å². The lowest BCUT2D eigenvalue weighted by molar-refractivity contribution is 0.438. The van der Waals surface area contributed by atoms with Gasteiger partial charge in [0.2, 0.25) is 5.82 Å². The summed E-state index contributed by atoms with van der Waals surface area (Å²) in [6.45, 7) is 3.72. The fourth-order valence-electron chi connectivity index (χ4n) is 2.40. The SMILES string of the molecule is CCc1ccc(Nc2cncc(Oc3ccnc(N)c3F)c2C)c(F)c1. The van der Waals surface area contributed by atoms with Crippen LogP contribution in [0.3, 0.4) is 0 Å². The molecule has 0 aliphatic carbocycles. The largest absolute Gasteiger partial charge is 0.452 e. The zero-order valence-electron chi connectivity index (χ0n) is 14.4. The number of nitrogens with one attached hydrogen (secondary N) is 1. The highest BCUT2D eigenvalue weighted by molar-refractivity contribution is 5.65. The second-order valence-corrected chi connectivity index (χ2v) is 5.71. The molecule has 0 spiro atoms. The minimum atomic E-state index is -0.744. The Hall–Kier alpha value is -3.22. The highest BCUT2D eigenvalue weighted by Gasteiger charge is 2.13. The smallest absolute Gasteiger partial charge is 0.207 e. The first-order valence-electron chi connectivity index (χ1n) is 8.07. The van der Waals surface area contributed by atoms with E-state index in [4.69, 9.17) is 10.5 Å². The Bertz CT molecular complexity index is 947. The van der Waals surface area contributed by atoms with Crippen LogP contribution in [0.1, 0.15) is 18.1 Å². The van der Waals surface area contributed by atoms with E-state index in [1.54, 1.807) is 19.2 Å². The third-order valence-electron chi connectivity index (χ3n) is 3.98. The van der Waals surface area contributed by atoms with Crippen molar-refractivity contribution < 1.29 is 13.5 Å². The summed E-state index contributed by atoms with van der Waals surface area (Å²) in [6.07, 6.45) is 5.10. The van der Waals surface area contributed by atoms with Gasteiger partial charge in [0.15, 0.2) is 17.3 Å². The zero-order valence-corrected chi connectivity index (χ0v) is 14.4. The van der Waals surface area contributed by atoms with Crippen LogP contribution < -0.4 is 15.8 Å². The molecule has 0 aliphatic rings. The number of aryl methyl sites for hydroxylation is 1. The second kappa shape index (κ2) is 7.35. The second-order valence-electron chi connectivity index (χ2n) is 5.71. The maximum absolute atomic E-state index is 14.2. The van der Waals surface area contributed by atoms with Crippen molar-refractivity contribution in [2.75, 3.05) is 11.1 Å². The Balaban J connectivity index is 1.89. The first-order valence-corrected chi connectivity index (χ1v) is 8.07. The third-order valence-corrected chi connectivity index (χ3v) is 3.98. The van der Waals surface area contributed by atoms with Crippen LogP contribution in [0.2, 0.25) is 0 Å². The molecule has 0 atom stereocenters. The van der Waals surface area contributed by atoms with Crippen LogP contribution in [0.15, 0.2) is 42.9 Å². The minimum absolute atomic E-state index is 0.0574.